The standard InChI is InChI=1S/C24H31N3O4S/c1-17-14-20-15-22(10-11-23(20)27(17)18(2)28)32(29,30)25-16-24(26-12-4-5-13-26)19-6-8-21(31-3)9-7-19/h6-11,15,17,24-25H,4-5,12-14,16H2,1-3H3/t17-,24-/m0/s1. The van der Waals surface area contributed by atoms with E-state index in [1.807, 2.05) is 31.2 Å². The van der Waals surface area contributed by atoms with Crippen molar-refractivity contribution in [2.24, 2.45) is 0 Å². The Hall–Kier alpha value is -2.42. The third-order valence-electron chi connectivity index (χ3n) is 6.46. The van der Waals surface area contributed by atoms with Crippen molar-refractivity contribution in [1.82, 2.24) is 9.62 Å². The maximum absolute atomic E-state index is 13.1. The number of rotatable bonds is 7. The van der Waals surface area contributed by atoms with Gasteiger partial charge in [-0.3, -0.25) is 9.69 Å². The van der Waals surface area contributed by atoms with E-state index in [-0.39, 0.29) is 22.9 Å². The molecule has 0 saturated carbocycles. The third-order valence-corrected chi connectivity index (χ3v) is 7.89. The molecule has 2 aliphatic heterocycles. The first-order valence-corrected chi connectivity index (χ1v) is 12.6. The number of nitrogens with one attached hydrogen (secondary N) is 1. The van der Waals surface area contributed by atoms with Crippen LogP contribution in [0.3, 0.4) is 0 Å². The molecule has 0 spiro atoms. The fourth-order valence-electron chi connectivity index (χ4n) is 4.86. The summed E-state index contributed by atoms with van der Waals surface area (Å²) >= 11 is 0. The smallest absolute Gasteiger partial charge is 0.240 e. The van der Waals surface area contributed by atoms with Crippen LogP contribution in [0.4, 0.5) is 5.69 Å². The Balaban J connectivity index is 1.54. The van der Waals surface area contributed by atoms with Crippen LogP contribution in [0, 0.1) is 0 Å². The Kier molecular flexibility index (Phi) is 6.55. The van der Waals surface area contributed by atoms with Gasteiger partial charge in [-0.05, 0) is 80.7 Å². The molecule has 2 aliphatic rings. The van der Waals surface area contributed by atoms with Gasteiger partial charge in [0.1, 0.15) is 5.75 Å². The number of amides is 1. The van der Waals surface area contributed by atoms with Gasteiger partial charge in [-0.1, -0.05) is 12.1 Å². The Morgan fingerprint density at radius 1 is 1.16 bits per heavy atom. The van der Waals surface area contributed by atoms with Crippen LogP contribution in [-0.2, 0) is 21.2 Å². The van der Waals surface area contributed by atoms with Crippen molar-refractivity contribution in [1.29, 1.82) is 0 Å². The first-order chi connectivity index (χ1) is 15.3. The van der Waals surface area contributed by atoms with Crippen molar-refractivity contribution in [2.45, 2.75) is 50.1 Å². The summed E-state index contributed by atoms with van der Waals surface area (Å²) in [6.07, 6.45) is 2.89. The van der Waals surface area contributed by atoms with E-state index in [0.717, 1.165) is 48.5 Å². The number of anilines is 1. The lowest BCUT2D eigenvalue weighted by atomic mass is 10.1. The largest absolute Gasteiger partial charge is 0.497 e. The molecule has 0 unspecified atom stereocenters. The molecule has 2 aromatic carbocycles. The van der Waals surface area contributed by atoms with E-state index in [4.69, 9.17) is 4.74 Å². The summed E-state index contributed by atoms with van der Waals surface area (Å²) in [5.74, 6) is 0.749. The Morgan fingerprint density at radius 2 is 1.84 bits per heavy atom. The summed E-state index contributed by atoms with van der Waals surface area (Å²) in [5, 5.41) is 0. The molecule has 0 bridgehead atoms. The molecule has 8 heteroatoms. The minimum absolute atomic E-state index is 0.0297. The first kappa shape index (κ1) is 22.8. The molecule has 0 aromatic heterocycles. The van der Waals surface area contributed by atoms with Crippen LogP contribution in [-0.4, -0.2) is 52.0 Å². The summed E-state index contributed by atoms with van der Waals surface area (Å²) in [6.45, 7) is 5.71. The van der Waals surface area contributed by atoms with Crippen LogP contribution in [0.1, 0.15) is 43.9 Å². The Bertz CT molecular complexity index is 1080. The van der Waals surface area contributed by atoms with Gasteiger partial charge in [-0.2, -0.15) is 0 Å². The number of methoxy groups -OCH3 is 1. The molecule has 2 heterocycles. The molecule has 0 radical (unpaired) electrons. The monoisotopic (exact) mass is 457 g/mol. The second-order valence-corrected chi connectivity index (χ2v) is 10.4. The Morgan fingerprint density at radius 3 is 2.47 bits per heavy atom. The molecular weight excluding hydrogens is 426 g/mol. The molecule has 2 aromatic rings. The van der Waals surface area contributed by atoms with E-state index >= 15 is 0 Å². The van der Waals surface area contributed by atoms with Gasteiger partial charge in [-0.15, -0.1) is 0 Å². The van der Waals surface area contributed by atoms with E-state index in [2.05, 4.69) is 9.62 Å². The van der Waals surface area contributed by atoms with E-state index < -0.39 is 10.0 Å². The average Bonchev–Trinajstić information content (AvgIpc) is 3.41. The molecule has 32 heavy (non-hydrogen) atoms. The van der Waals surface area contributed by atoms with E-state index in [1.54, 1.807) is 30.2 Å². The van der Waals surface area contributed by atoms with Crippen LogP contribution in [0.2, 0.25) is 0 Å². The van der Waals surface area contributed by atoms with Gasteiger partial charge >= 0.3 is 0 Å². The summed E-state index contributed by atoms with van der Waals surface area (Å²) in [6, 6.07) is 12.9. The topological polar surface area (TPSA) is 79.0 Å². The molecule has 1 saturated heterocycles. The van der Waals surface area contributed by atoms with Gasteiger partial charge in [0.05, 0.1) is 12.0 Å². The number of ether oxygens (including phenoxy) is 1. The van der Waals surface area contributed by atoms with Gasteiger partial charge in [0.15, 0.2) is 0 Å². The predicted molar refractivity (Wildman–Crippen MR) is 124 cm³/mol. The number of hydrogen-bond acceptors (Lipinski definition) is 5. The summed E-state index contributed by atoms with van der Waals surface area (Å²) in [4.78, 5) is 16.3. The van der Waals surface area contributed by atoms with Gasteiger partial charge in [0.25, 0.3) is 0 Å². The molecule has 4 rings (SSSR count). The highest BCUT2D eigenvalue weighted by Crippen LogP contribution is 2.34. The number of carbonyl (C=O) groups excluding carboxylic acids is 1. The summed E-state index contributed by atoms with van der Waals surface area (Å²) < 4.78 is 34.4. The highest BCUT2D eigenvalue weighted by Gasteiger charge is 2.31. The van der Waals surface area contributed by atoms with Crippen molar-refractivity contribution >= 4 is 21.6 Å². The minimum Gasteiger partial charge on any atom is -0.497 e. The molecular formula is C24H31N3O4S. The normalized spacial score (nSPS) is 19.7. The average molecular weight is 458 g/mol. The Labute approximate surface area is 190 Å². The van der Waals surface area contributed by atoms with Gasteiger partial charge in [0.2, 0.25) is 15.9 Å². The molecule has 1 N–H and O–H groups in total. The summed E-state index contributed by atoms with van der Waals surface area (Å²) in [7, 11) is -2.05. The lowest BCUT2D eigenvalue weighted by molar-refractivity contribution is -0.116. The highest BCUT2D eigenvalue weighted by molar-refractivity contribution is 7.89. The predicted octanol–water partition coefficient (Wildman–Crippen LogP) is 3.11. The van der Waals surface area contributed by atoms with Crippen LogP contribution in [0.25, 0.3) is 0 Å². The van der Waals surface area contributed by atoms with Gasteiger partial charge < -0.3 is 9.64 Å². The van der Waals surface area contributed by atoms with Crippen molar-refractivity contribution < 1.29 is 17.9 Å². The maximum Gasteiger partial charge on any atom is 0.240 e. The fraction of sp³-hybridized carbons (Fsp3) is 0.458. The zero-order chi connectivity index (χ0) is 22.9. The van der Waals surface area contributed by atoms with Crippen molar-refractivity contribution in [2.75, 3.05) is 31.6 Å². The molecule has 172 valence electrons. The number of nitrogens with zero attached hydrogens (tertiary/aromatic N) is 2. The molecule has 1 amide bonds. The molecule has 2 atom stereocenters. The molecule has 7 nitrogen and oxygen atoms in total. The fourth-order valence-corrected chi connectivity index (χ4v) is 5.95. The van der Waals surface area contributed by atoms with Crippen molar-refractivity contribution in [3.8, 4) is 5.75 Å². The van der Waals surface area contributed by atoms with Crippen molar-refractivity contribution in [3.05, 3.63) is 53.6 Å². The molecule has 0 aliphatic carbocycles. The lowest BCUT2D eigenvalue weighted by Gasteiger charge is -2.28. The van der Waals surface area contributed by atoms with Crippen LogP contribution >= 0.6 is 0 Å². The lowest BCUT2D eigenvalue weighted by Crippen LogP contribution is -2.36. The zero-order valence-electron chi connectivity index (χ0n) is 18.9. The minimum atomic E-state index is -3.69. The second kappa shape index (κ2) is 9.21. The number of fused-ring (bicyclic) bond motifs is 1. The van der Waals surface area contributed by atoms with E-state index in [9.17, 15) is 13.2 Å². The van der Waals surface area contributed by atoms with Gasteiger partial charge in [-0.25, -0.2) is 13.1 Å². The van der Waals surface area contributed by atoms with Crippen LogP contribution in [0.15, 0.2) is 47.4 Å². The highest BCUT2D eigenvalue weighted by atomic mass is 32.2. The van der Waals surface area contributed by atoms with Crippen LogP contribution in [0.5, 0.6) is 5.75 Å². The van der Waals surface area contributed by atoms with E-state index in [0.29, 0.717) is 13.0 Å². The molecule has 1 fully saturated rings. The number of sulfonamides is 1. The zero-order valence-corrected chi connectivity index (χ0v) is 19.7. The SMILES string of the molecule is COc1ccc([C@H](CNS(=O)(=O)c2ccc3c(c2)C[C@H](C)N3C(C)=O)N2CCCC2)cc1. The number of carbonyl (C=O) groups is 1. The summed E-state index contributed by atoms with van der Waals surface area (Å²) in [5.41, 5.74) is 2.76. The quantitative estimate of drug-likeness (QED) is 0.691. The second-order valence-electron chi connectivity index (χ2n) is 8.62. The van der Waals surface area contributed by atoms with E-state index in [1.165, 1.54) is 6.92 Å². The van der Waals surface area contributed by atoms with Crippen LogP contribution < -0.4 is 14.4 Å². The third kappa shape index (κ3) is 4.53. The number of benzene rings is 2. The maximum atomic E-state index is 13.1. The number of hydrogen-bond donors (Lipinski definition) is 1. The number of likely N-dealkylation sites (tertiary alicyclic amines) is 1. The first-order valence-electron chi connectivity index (χ1n) is 11.1. The van der Waals surface area contributed by atoms with Crippen molar-refractivity contribution in [3.63, 3.8) is 0 Å². The van der Waals surface area contributed by atoms with Gasteiger partial charge in [0, 0.05) is 31.2 Å².